The fourth-order valence-electron chi connectivity index (χ4n) is 1.55. The predicted octanol–water partition coefficient (Wildman–Crippen LogP) is 1.28. The number of hydrogen-bond acceptors (Lipinski definition) is 2. The number of carbonyl (C=O) groups is 2. The number of nitrogens with two attached hydrogens (primary N) is 2. The van der Waals surface area contributed by atoms with E-state index in [0.717, 1.165) is 10.0 Å². The van der Waals surface area contributed by atoms with Gasteiger partial charge in [0.2, 0.25) is 11.8 Å². The van der Waals surface area contributed by atoms with E-state index in [4.69, 9.17) is 11.5 Å². The quantitative estimate of drug-likeness (QED) is 0.853. The van der Waals surface area contributed by atoms with Crippen molar-refractivity contribution in [1.29, 1.82) is 0 Å². The summed E-state index contributed by atoms with van der Waals surface area (Å²) < 4.78 is 0.893. The Kier molecular flexibility index (Phi) is 4.49. The molecule has 2 amide bonds. The number of hydrogen-bond donors (Lipinski definition) is 2. The Hall–Kier alpha value is -1.36. The van der Waals surface area contributed by atoms with Gasteiger partial charge in [0, 0.05) is 23.2 Å². The van der Waals surface area contributed by atoms with Gasteiger partial charge in [0.25, 0.3) is 0 Å². The Morgan fingerprint density at radius 1 is 1.19 bits per heavy atom. The third-order valence-electron chi connectivity index (χ3n) is 2.22. The zero-order chi connectivity index (χ0) is 12.1. The van der Waals surface area contributed by atoms with Crippen LogP contribution >= 0.6 is 15.9 Å². The first-order valence-electron chi connectivity index (χ1n) is 4.81. The minimum absolute atomic E-state index is 0.124. The summed E-state index contributed by atoms with van der Waals surface area (Å²) in [4.78, 5) is 21.8. The van der Waals surface area contributed by atoms with Crippen molar-refractivity contribution in [3.8, 4) is 0 Å². The van der Waals surface area contributed by atoms with Crippen molar-refractivity contribution < 1.29 is 9.59 Å². The van der Waals surface area contributed by atoms with Crippen molar-refractivity contribution >= 4 is 27.7 Å². The van der Waals surface area contributed by atoms with Gasteiger partial charge in [0.1, 0.15) is 0 Å². The van der Waals surface area contributed by atoms with Crippen LogP contribution in [0.15, 0.2) is 28.7 Å². The lowest BCUT2D eigenvalue weighted by atomic mass is 9.92. The number of benzene rings is 1. The van der Waals surface area contributed by atoms with Crippen molar-refractivity contribution in [2.75, 3.05) is 0 Å². The Labute approximate surface area is 102 Å². The molecule has 16 heavy (non-hydrogen) atoms. The fraction of sp³-hybridized carbons (Fsp3) is 0.273. The highest BCUT2D eigenvalue weighted by molar-refractivity contribution is 9.10. The minimum atomic E-state index is -0.439. The second-order valence-corrected chi connectivity index (χ2v) is 4.51. The van der Waals surface area contributed by atoms with Gasteiger partial charge in [-0.2, -0.15) is 0 Å². The summed E-state index contributed by atoms with van der Waals surface area (Å²) in [6, 6.07) is 7.42. The lowest BCUT2D eigenvalue weighted by Crippen LogP contribution is -2.20. The number of carbonyl (C=O) groups excluding carboxylic acids is 2. The molecule has 1 aromatic carbocycles. The highest BCUT2D eigenvalue weighted by Crippen LogP contribution is 2.25. The third-order valence-corrected chi connectivity index (χ3v) is 2.71. The van der Waals surface area contributed by atoms with E-state index in [1.54, 1.807) is 0 Å². The maximum absolute atomic E-state index is 10.9. The molecule has 0 radical (unpaired) electrons. The second kappa shape index (κ2) is 5.65. The predicted molar refractivity (Wildman–Crippen MR) is 64.5 cm³/mol. The van der Waals surface area contributed by atoms with E-state index in [1.165, 1.54) is 0 Å². The summed E-state index contributed by atoms with van der Waals surface area (Å²) in [7, 11) is 0. The van der Waals surface area contributed by atoms with Crippen LogP contribution in [0.25, 0.3) is 0 Å². The number of halogens is 1. The van der Waals surface area contributed by atoms with Gasteiger partial charge in [-0.25, -0.2) is 0 Å². The van der Waals surface area contributed by atoms with Gasteiger partial charge >= 0.3 is 0 Å². The summed E-state index contributed by atoms with van der Waals surface area (Å²) >= 11 is 3.33. The molecule has 0 bridgehead atoms. The molecule has 0 heterocycles. The van der Waals surface area contributed by atoms with Gasteiger partial charge in [-0.15, -0.1) is 0 Å². The zero-order valence-electron chi connectivity index (χ0n) is 8.65. The highest BCUT2D eigenvalue weighted by Gasteiger charge is 2.17. The molecular weight excluding hydrogens is 272 g/mol. The fourth-order valence-corrected chi connectivity index (χ4v) is 1.97. The van der Waals surface area contributed by atoms with Crippen LogP contribution in [0, 0.1) is 0 Å². The Morgan fingerprint density at radius 2 is 1.75 bits per heavy atom. The van der Waals surface area contributed by atoms with Crippen molar-refractivity contribution in [2.45, 2.75) is 18.8 Å². The zero-order valence-corrected chi connectivity index (χ0v) is 10.2. The maximum atomic E-state index is 10.9. The van der Waals surface area contributed by atoms with Crippen LogP contribution in [-0.2, 0) is 9.59 Å². The van der Waals surface area contributed by atoms with E-state index in [1.807, 2.05) is 24.3 Å². The Morgan fingerprint density at radius 3 is 2.19 bits per heavy atom. The van der Waals surface area contributed by atoms with Crippen LogP contribution < -0.4 is 11.5 Å². The molecule has 0 aliphatic rings. The summed E-state index contributed by atoms with van der Waals surface area (Å²) in [5.41, 5.74) is 11.2. The number of rotatable bonds is 5. The lowest BCUT2D eigenvalue weighted by Gasteiger charge is -2.14. The maximum Gasteiger partial charge on any atom is 0.218 e. The average Bonchev–Trinajstić information content (AvgIpc) is 2.15. The Bertz CT molecular complexity index is 391. The van der Waals surface area contributed by atoms with Gasteiger partial charge in [-0.1, -0.05) is 28.1 Å². The highest BCUT2D eigenvalue weighted by atomic mass is 79.9. The molecule has 0 aromatic heterocycles. The molecule has 0 atom stereocenters. The van der Waals surface area contributed by atoms with E-state index in [0.29, 0.717) is 0 Å². The first-order chi connectivity index (χ1) is 7.49. The van der Waals surface area contributed by atoms with Crippen molar-refractivity contribution in [2.24, 2.45) is 11.5 Å². The first-order valence-corrected chi connectivity index (χ1v) is 5.60. The molecule has 0 saturated carbocycles. The molecule has 4 nitrogen and oxygen atoms in total. The van der Waals surface area contributed by atoms with Crippen LogP contribution in [0.5, 0.6) is 0 Å². The summed E-state index contributed by atoms with van der Waals surface area (Å²) in [5, 5.41) is 0. The normalized spacial score (nSPS) is 10.4. The van der Waals surface area contributed by atoms with Crippen molar-refractivity contribution in [1.82, 2.24) is 0 Å². The molecule has 0 aliphatic heterocycles. The first kappa shape index (κ1) is 12.7. The van der Waals surface area contributed by atoms with Crippen molar-refractivity contribution in [3.63, 3.8) is 0 Å². The van der Waals surface area contributed by atoms with Gasteiger partial charge in [0.15, 0.2) is 0 Å². The topological polar surface area (TPSA) is 86.2 Å². The van der Waals surface area contributed by atoms with E-state index in [2.05, 4.69) is 15.9 Å². The van der Waals surface area contributed by atoms with Crippen molar-refractivity contribution in [3.05, 3.63) is 34.3 Å². The van der Waals surface area contributed by atoms with Crippen LogP contribution in [0.4, 0.5) is 0 Å². The molecule has 0 saturated heterocycles. The van der Waals surface area contributed by atoms with Crippen LogP contribution in [0.2, 0.25) is 0 Å². The molecule has 4 N–H and O–H groups in total. The van der Waals surface area contributed by atoms with E-state index in [9.17, 15) is 9.59 Å². The van der Waals surface area contributed by atoms with Crippen LogP contribution in [0.1, 0.15) is 24.3 Å². The second-order valence-electron chi connectivity index (χ2n) is 3.59. The largest absolute Gasteiger partial charge is 0.370 e. The number of amides is 2. The van der Waals surface area contributed by atoms with Crippen LogP contribution in [-0.4, -0.2) is 11.8 Å². The summed E-state index contributed by atoms with van der Waals surface area (Å²) in [6.07, 6.45) is 0.249. The molecule has 0 spiro atoms. The molecule has 86 valence electrons. The van der Waals surface area contributed by atoms with E-state index < -0.39 is 11.8 Å². The number of primary amides is 2. The van der Waals surface area contributed by atoms with Gasteiger partial charge < -0.3 is 11.5 Å². The van der Waals surface area contributed by atoms with E-state index >= 15 is 0 Å². The van der Waals surface area contributed by atoms with E-state index in [-0.39, 0.29) is 18.8 Å². The molecule has 0 fully saturated rings. The third kappa shape index (κ3) is 4.02. The van der Waals surface area contributed by atoms with Gasteiger partial charge in [-0.05, 0) is 17.7 Å². The average molecular weight is 285 g/mol. The SMILES string of the molecule is NC(=O)CC(CC(N)=O)c1cccc(Br)c1. The smallest absolute Gasteiger partial charge is 0.218 e. The summed E-state index contributed by atoms with van der Waals surface area (Å²) in [6.45, 7) is 0. The monoisotopic (exact) mass is 284 g/mol. The molecule has 0 unspecified atom stereocenters. The molecule has 0 aliphatic carbocycles. The molecule has 1 rings (SSSR count). The standard InChI is InChI=1S/C11H13BrN2O2/c12-9-3-1-2-7(4-9)8(5-10(13)15)6-11(14)16/h1-4,8H,5-6H2,(H2,13,15)(H2,14,16). The van der Waals surface area contributed by atoms with Gasteiger partial charge in [0.05, 0.1) is 0 Å². The van der Waals surface area contributed by atoms with Crippen LogP contribution in [0.3, 0.4) is 0 Å². The molecule has 5 heteroatoms. The van der Waals surface area contributed by atoms with Gasteiger partial charge in [-0.3, -0.25) is 9.59 Å². The molecular formula is C11H13BrN2O2. The summed E-state index contributed by atoms with van der Waals surface area (Å²) in [5.74, 6) is -1.12. The Balaban J connectivity index is 2.90. The minimum Gasteiger partial charge on any atom is -0.370 e. The molecule has 1 aromatic rings. The lowest BCUT2D eigenvalue weighted by molar-refractivity contribution is -0.119.